The molecule has 0 atom stereocenters. The van der Waals surface area contributed by atoms with Gasteiger partial charge in [0.25, 0.3) is 0 Å². The van der Waals surface area contributed by atoms with Gasteiger partial charge in [-0.1, -0.05) is 0 Å². The predicted molar refractivity (Wildman–Crippen MR) is 105 cm³/mol. The lowest BCUT2D eigenvalue weighted by atomic mass is 9.97. The Hall–Kier alpha value is -2.48. The third-order valence-electron chi connectivity index (χ3n) is 4.67. The van der Waals surface area contributed by atoms with E-state index >= 15 is 0 Å². The highest BCUT2D eigenvalue weighted by Gasteiger charge is 2.27. The maximum Gasteiger partial charge on any atom is 0.349 e. The quantitative estimate of drug-likeness (QED) is 0.711. The molecular weight excluding hydrogens is 400 g/mol. The second kappa shape index (κ2) is 8.68. The smallest absolute Gasteiger partial charge is 0.349 e. The maximum atomic E-state index is 12.6. The fourth-order valence-corrected chi connectivity index (χ4v) is 5.59. The van der Waals surface area contributed by atoms with Gasteiger partial charge in [-0.2, -0.15) is 5.26 Å². The average Bonchev–Trinajstić information content (AvgIpc) is 3.23. The summed E-state index contributed by atoms with van der Waals surface area (Å²) in [6.45, 7) is 1.69. The summed E-state index contributed by atoms with van der Waals surface area (Å²) in [5.74, 6) is 0.179. The molecular formula is C18H20N4O4S2. The lowest BCUT2D eigenvalue weighted by Gasteiger charge is -2.33. The Labute approximate surface area is 167 Å². The third kappa shape index (κ3) is 4.32. The largest absolute Gasteiger partial charge is 0.465 e. The highest BCUT2D eigenvalue weighted by Crippen LogP contribution is 2.25. The summed E-state index contributed by atoms with van der Waals surface area (Å²) >= 11 is 1.04. The van der Waals surface area contributed by atoms with Crippen LogP contribution in [-0.2, 0) is 14.8 Å². The monoisotopic (exact) mass is 420 g/mol. The lowest BCUT2D eigenvalue weighted by molar-refractivity contribution is 0.0602. The fourth-order valence-electron chi connectivity index (χ4n) is 3.14. The summed E-state index contributed by atoms with van der Waals surface area (Å²) in [4.78, 5) is 18.1. The molecule has 8 nitrogen and oxygen atoms in total. The number of aromatic nitrogens is 1. The topological polar surface area (TPSA) is 112 Å². The predicted octanol–water partition coefficient (Wildman–Crippen LogP) is 2.00. The number of thiophene rings is 1. The molecule has 0 bridgehead atoms. The number of nitriles is 1. The number of ether oxygens (including phenoxy) is 1. The van der Waals surface area contributed by atoms with Gasteiger partial charge in [0.2, 0.25) is 10.0 Å². The van der Waals surface area contributed by atoms with Crippen LogP contribution in [0.15, 0.2) is 34.7 Å². The van der Waals surface area contributed by atoms with E-state index in [1.165, 1.54) is 13.2 Å². The zero-order valence-electron chi connectivity index (χ0n) is 15.3. The van der Waals surface area contributed by atoms with Crippen molar-refractivity contribution in [1.29, 1.82) is 5.26 Å². The van der Waals surface area contributed by atoms with Crippen molar-refractivity contribution in [1.82, 2.24) is 9.71 Å². The number of nitrogens with one attached hydrogen (secondary N) is 1. The molecule has 28 heavy (non-hydrogen) atoms. The molecule has 1 N–H and O–H groups in total. The first-order chi connectivity index (χ1) is 13.5. The molecule has 0 radical (unpaired) electrons. The van der Waals surface area contributed by atoms with E-state index in [1.807, 2.05) is 0 Å². The van der Waals surface area contributed by atoms with Gasteiger partial charge in [-0.25, -0.2) is 22.9 Å². The fraction of sp³-hybridized carbons (Fsp3) is 0.389. The molecule has 0 aliphatic carbocycles. The third-order valence-corrected chi connectivity index (χ3v) is 7.16. The minimum atomic E-state index is -3.79. The Morgan fingerprint density at radius 3 is 2.86 bits per heavy atom. The molecule has 0 saturated carbocycles. The highest BCUT2D eigenvalue weighted by atomic mass is 32.2. The first kappa shape index (κ1) is 20.3. The number of sulfonamides is 1. The number of hydrogen-bond acceptors (Lipinski definition) is 8. The van der Waals surface area contributed by atoms with E-state index in [2.05, 4.69) is 25.4 Å². The SMILES string of the molecule is COC(=O)c1sccc1S(=O)(=O)NCC1CCN(c2ncccc2C#N)CC1. The van der Waals surface area contributed by atoms with Crippen molar-refractivity contribution in [3.8, 4) is 6.07 Å². The van der Waals surface area contributed by atoms with E-state index in [0.717, 1.165) is 24.2 Å². The number of rotatable bonds is 6. The van der Waals surface area contributed by atoms with Crippen LogP contribution in [0.3, 0.4) is 0 Å². The molecule has 0 amide bonds. The number of nitrogens with zero attached hydrogens (tertiary/aromatic N) is 3. The van der Waals surface area contributed by atoms with Crippen LogP contribution < -0.4 is 9.62 Å². The van der Waals surface area contributed by atoms with Gasteiger partial charge in [-0.3, -0.25) is 0 Å². The number of anilines is 1. The van der Waals surface area contributed by atoms with Crippen LogP contribution in [0.2, 0.25) is 0 Å². The molecule has 0 aromatic carbocycles. The summed E-state index contributed by atoms with van der Waals surface area (Å²) in [6, 6.07) is 7.03. The van der Waals surface area contributed by atoms with Gasteiger partial charge < -0.3 is 9.64 Å². The average molecular weight is 421 g/mol. The standard InChI is InChI=1S/C18H20N4O4S2/c1-26-18(23)16-15(6-10-27-16)28(24,25)21-12-13-4-8-22(9-5-13)17-14(11-19)3-2-7-20-17/h2-3,6-7,10,13,21H,4-5,8-9,12H2,1H3. The molecule has 3 rings (SSSR count). The molecule has 10 heteroatoms. The Bertz CT molecular complexity index is 989. The molecule has 1 aliphatic heterocycles. The van der Waals surface area contributed by atoms with Crippen molar-refractivity contribution in [2.75, 3.05) is 31.6 Å². The summed E-state index contributed by atoms with van der Waals surface area (Å²) in [7, 11) is -2.57. The molecule has 1 fully saturated rings. The van der Waals surface area contributed by atoms with Crippen LogP contribution in [0.25, 0.3) is 0 Å². The lowest BCUT2D eigenvalue weighted by Crippen LogP contribution is -2.39. The number of piperidine rings is 1. The molecule has 2 aromatic rings. The van der Waals surface area contributed by atoms with Crippen molar-refractivity contribution in [3.05, 3.63) is 40.2 Å². The molecule has 0 unspecified atom stereocenters. The van der Waals surface area contributed by atoms with Crippen LogP contribution in [-0.4, -0.2) is 46.1 Å². The van der Waals surface area contributed by atoms with E-state index in [1.54, 1.807) is 23.7 Å². The van der Waals surface area contributed by atoms with Crippen molar-refractivity contribution in [2.24, 2.45) is 5.92 Å². The Kier molecular flexibility index (Phi) is 6.28. The van der Waals surface area contributed by atoms with Crippen molar-refractivity contribution in [3.63, 3.8) is 0 Å². The van der Waals surface area contributed by atoms with E-state index in [0.29, 0.717) is 31.0 Å². The summed E-state index contributed by atoms with van der Waals surface area (Å²) in [5, 5.41) is 10.8. The normalized spacial score (nSPS) is 15.2. The van der Waals surface area contributed by atoms with Crippen LogP contribution in [0, 0.1) is 17.2 Å². The number of methoxy groups -OCH3 is 1. The summed E-state index contributed by atoms with van der Waals surface area (Å²) in [5.41, 5.74) is 0.537. The van der Waals surface area contributed by atoms with Crippen LogP contribution >= 0.6 is 11.3 Å². The van der Waals surface area contributed by atoms with Gasteiger partial charge >= 0.3 is 5.97 Å². The van der Waals surface area contributed by atoms with Gasteiger partial charge in [-0.05, 0) is 42.3 Å². The van der Waals surface area contributed by atoms with E-state index in [9.17, 15) is 18.5 Å². The number of hydrogen-bond donors (Lipinski definition) is 1. The van der Waals surface area contributed by atoms with Crippen LogP contribution in [0.5, 0.6) is 0 Å². The number of carbonyl (C=O) groups excluding carboxylic acids is 1. The zero-order valence-corrected chi connectivity index (χ0v) is 16.9. The van der Waals surface area contributed by atoms with Gasteiger partial charge in [0.05, 0.1) is 12.7 Å². The van der Waals surface area contributed by atoms with E-state index < -0.39 is 16.0 Å². The second-order valence-electron chi connectivity index (χ2n) is 6.37. The van der Waals surface area contributed by atoms with Crippen molar-refractivity contribution in [2.45, 2.75) is 17.7 Å². The van der Waals surface area contributed by atoms with Gasteiger partial charge in [0.15, 0.2) is 0 Å². The minimum absolute atomic E-state index is 0.0473. The van der Waals surface area contributed by atoms with E-state index in [4.69, 9.17) is 0 Å². The number of pyridine rings is 1. The number of carbonyl (C=O) groups is 1. The van der Waals surface area contributed by atoms with E-state index in [-0.39, 0.29) is 15.7 Å². The summed E-state index contributed by atoms with van der Waals surface area (Å²) in [6.07, 6.45) is 3.21. The highest BCUT2D eigenvalue weighted by molar-refractivity contribution is 7.89. The zero-order chi connectivity index (χ0) is 20.1. The molecule has 0 spiro atoms. The van der Waals surface area contributed by atoms with Gasteiger partial charge in [0.1, 0.15) is 21.7 Å². The van der Waals surface area contributed by atoms with Crippen molar-refractivity contribution < 1.29 is 17.9 Å². The van der Waals surface area contributed by atoms with Gasteiger partial charge in [-0.15, -0.1) is 11.3 Å². The minimum Gasteiger partial charge on any atom is -0.465 e. The Balaban J connectivity index is 1.59. The second-order valence-corrected chi connectivity index (χ2v) is 9.03. The van der Waals surface area contributed by atoms with Crippen molar-refractivity contribution >= 4 is 33.1 Å². The Morgan fingerprint density at radius 2 is 2.18 bits per heavy atom. The molecule has 1 aliphatic rings. The molecule has 148 valence electrons. The van der Waals surface area contributed by atoms with Crippen LogP contribution in [0.1, 0.15) is 28.1 Å². The molecule has 2 aromatic heterocycles. The first-order valence-electron chi connectivity index (χ1n) is 8.72. The summed E-state index contributed by atoms with van der Waals surface area (Å²) < 4.78 is 32.4. The first-order valence-corrected chi connectivity index (χ1v) is 11.1. The Morgan fingerprint density at radius 1 is 1.43 bits per heavy atom. The van der Waals surface area contributed by atoms with Gasteiger partial charge in [0, 0.05) is 25.8 Å². The number of esters is 1. The maximum absolute atomic E-state index is 12.6. The van der Waals surface area contributed by atoms with Crippen LogP contribution in [0.4, 0.5) is 5.82 Å². The molecule has 1 saturated heterocycles. The molecule has 3 heterocycles.